The minimum atomic E-state index is -4.50. The van der Waals surface area contributed by atoms with Crippen LogP contribution in [0.15, 0.2) is 18.2 Å². The molecule has 0 saturated carbocycles. The van der Waals surface area contributed by atoms with E-state index in [0.29, 0.717) is 4.90 Å². The third kappa shape index (κ3) is 3.42. The Hall–Kier alpha value is -2.01. The quantitative estimate of drug-likeness (QED) is 0.485. The number of likely N-dealkylation sites (tertiary alicyclic amines) is 1. The molecule has 0 bridgehead atoms. The van der Waals surface area contributed by atoms with Crippen LogP contribution in [0.4, 0.5) is 23.2 Å². The average molecular weight is 336 g/mol. The Balaban J connectivity index is 2.21. The molecule has 0 aromatic heterocycles. The third-order valence-electron chi connectivity index (χ3n) is 3.24. The first kappa shape index (κ1) is 16.4. The van der Waals surface area contributed by atoms with Gasteiger partial charge in [-0.3, -0.25) is 9.69 Å². The van der Waals surface area contributed by atoms with Gasteiger partial charge in [0.1, 0.15) is 18.4 Å². The standard InChI is InChI=1S/C13H10ClF4N3O/c14-9-5-8(1-2-10(9)15)21(7-19)11-3-4-20(12(11)22)6-13(16,17)18/h1-2,5,11H,3-4,6H2. The van der Waals surface area contributed by atoms with Crippen LogP contribution in [-0.2, 0) is 4.79 Å². The number of alkyl halides is 3. The smallest absolute Gasteiger partial charge is 0.332 e. The predicted octanol–water partition coefficient (Wildman–Crippen LogP) is 2.93. The van der Waals surface area contributed by atoms with Crippen molar-refractivity contribution in [1.29, 1.82) is 5.26 Å². The largest absolute Gasteiger partial charge is 0.406 e. The van der Waals surface area contributed by atoms with Gasteiger partial charge in [-0.2, -0.15) is 18.4 Å². The fraction of sp³-hybridized carbons (Fsp3) is 0.385. The lowest BCUT2D eigenvalue weighted by atomic mass is 10.2. The summed E-state index contributed by atoms with van der Waals surface area (Å²) in [6, 6.07) is 2.37. The summed E-state index contributed by atoms with van der Waals surface area (Å²) in [5.41, 5.74) is 0.154. The van der Waals surface area contributed by atoms with Crippen molar-refractivity contribution >= 4 is 23.2 Å². The van der Waals surface area contributed by atoms with Crippen LogP contribution in [0.1, 0.15) is 6.42 Å². The lowest BCUT2D eigenvalue weighted by molar-refractivity contribution is -0.157. The molecular weight excluding hydrogens is 326 g/mol. The van der Waals surface area contributed by atoms with E-state index >= 15 is 0 Å². The van der Waals surface area contributed by atoms with Crippen molar-refractivity contribution in [2.45, 2.75) is 18.6 Å². The summed E-state index contributed by atoms with van der Waals surface area (Å²) in [5.74, 6) is -1.49. The average Bonchev–Trinajstić information content (AvgIpc) is 2.75. The van der Waals surface area contributed by atoms with E-state index in [9.17, 15) is 27.6 Å². The van der Waals surface area contributed by atoms with Gasteiger partial charge in [0.2, 0.25) is 5.91 Å². The number of anilines is 1. The second-order valence-electron chi connectivity index (χ2n) is 4.75. The summed E-state index contributed by atoms with van der Waals surface area (Å²) in [6.07, 6.45) is -2.69. The number of rotatable bonds is 3. The summed E-state index contributed by atoms with van der Waals surface area (Å²) in [6.45, 7) is -1.46. The minimum absolute atomic E-state index is 0.0669. The monoisotopic (exact) mass is 335 g/mol. The number of hydrogen-bond acceptors (Lipinski definition) is 3. The Morgan fingerprint density at radius 2 is 2.14 bits per heavy atom. The van der Waals surface area contributed by atoms with E-state index in [1.54, 1.807) is 6.19 Å². The Kier molecular flexibility index (Phi) is 4.47. The van der Waals surface area contributed by atoms with E-state index in [2.05, 4.69) is 0 Å². The molecule has 0 radical (unpaired) electrons. The third-order valence-corrected chi connectivity index (χ3v) is 3.53. The van der Waals surface area contributed by atoms with Crippen LogP contribution in [0.25, 0.3) is 0 Å². The minimum Gasteiger partial charge on any atom is -0.332 e. The van der Waals surface area contributed by atoms with Crippen LogP contribution in [0.3, 0.4) is 0 Å². The Bertz CT molecular complexity index is 629. The molecule has 1 atom stereocenters. The van der Waals surface area contributed by atoms with Gasteiger partial charge in [-0.1, -0.05) is 11.6 Å². The zero-order chi connectivity index (χ0) is 16.5. The topological polar surface area (TPSA) is 47.3 Å². The molecule has 118 valence electrons. The highest BCUT2D eigenvalue weighted by atomic mass is 35.5. The molecule has 9 heteroatoms. The lowest BCUT2D eigenvalue weighted by Gasteiger charge is -2.23. The van der Waals surface area contributed by atoms with Crippen molar-refractivity contribution in [1.82, 2.24) is 4.90 Å². The van der Waals surface area contributed by atoms with Crippen molar-refractivity contribution in [2.24, 2.45) is 0 Å². The van der Waals surface area contributed by atoms with Gasteiger partial charge in [0, 0.05) is 6.54 Å². The van der Waals surface area contributed by atoms with E-state index in [-0.39, 0.29) is 23.7 Å². The number of amides is 1. The maximum absolute atomic E-state index is 13.1. The number of benzene rings is 1. The van der Waals surface area contributed by atoms with Gasteiger partial charge in [-0.05, 0) is 24.6 Å². The molecule has 1 aliphatic heterocycles. The SMILES string of the molecule is N#CN(c1ccc(F)c(Cl)c1)C1CCN(CC(F)(F)F)C1=O. The maximum Gasteiger partial charge on any atom is 0.406 e. The summed E-state index contributed by atoms with van der Waals surface area (Å²) < 4.78 is 50.3. The van der Waals surface area contributed by atoms with Crippen LogP contribution in [0.2, 0.25) is 5.02 Å². The number of carbonyl (C=O) groups excluding carboxylic acids is 1. The Morgan fingerprint density at radius 3 is 2.68 bits per heavy atom. The first-order valence-electron chi connectivity index (χ1n) is 6.22. The maximum atomic E-state index is 13.1. The number of carbonyl (C=O) groups is 1. The van der Waals surface area contributed by atoms with Gasteiger partial charge in [-0.25, -0.2) is 4.39 Å². The van der Waals surface area contributed by atoms with Gasteiger partial charge in [0.05, 0.1) is 10.7 Å². The van der Waals surface area contributed by atoms with Gasteiger partial charge in [0.25, 0.3) is 0 Å². The second kappa shape index (κ2) is 6.01. The molecule has 1 heterocycles. The Labute approximate surface area is 128 Å². The number of nitriles is 1. The molecule has 1 saturated heterocycles. The van der Waals surface area contributed by atoms with Crippen LogP contribution in [-0.4, -0.2) is 36.1 Å². The fourth-order valence-electron chi connectivity index (χ4n) is 2.28. The molecular formula is C13H10ClF4N3O. The summed E-state index contributed by atoms with van der Waals surface area (Å²) in [5, 5.41) is 8.94. The van der Waals surface area contributed by atoms with Gasteiger partial charge in [0.15, 0.2) is 6.19 Å². The van der Waals surface area contributed by atoms with Crippen molar-refractivity contribution in [2.75, 3.05) is 18.0 Å². The van der Waals surface area contributed by atoms with Gasteiger partial charge >= 0.3 is 6.18 Å². The molecule has 0 aliphatic carbocycles. The van der Waals surface area contributed by atoms with E-state index in [4.69, 9.17) is 11.6 Å². The first-order chi connectivity index (χ1) is 10.2. The van der Waals surface area contributed by atoms with Crippen LogP contribution < -0.4 is 4.90 Å². The lowest BCUT2D eigenvalue weighted by Crippen LogP contribution is -2.42. The molecule has 4 nitrogen and oxygen atoms in total. The number of halogens is 5. The van der Waals surface area contributed by atoms with E-state index < -0.39 is 30.5 Å². The molecule has 1 amide bonds. The highest BCUT2D eigenvalue weighted by Crippen LogP contribution is 2.28. The normalized spacial score (nSPS) is 18.5. The van der Waals surface area contributed by atoms with Crippen LogP contribution in [0, 0.1) is 17.3 Å². The summed E-state index contributed by atoms with van der Waals surface area (Å²) >= 11 is 5.62. The molecule has 0 N–H and O–H groups in total. The van der Waals surface area contributed by atoms with Crippen molar-refractivity contribution in [3.05, 3.63) is 29.0 Å². The molecule has 1 unspecified atom stereocenters. The van der Waals surface area contributed by atoms with Crippen molar-refractivity contribution in [3.63, 3.8) is 0 Å². The van der Waals surface area contributed by atoms with Crippen LogP contribution in [0.5, 0.6) is 0 Å². The molecule has 1 fully saturated rings. The first-order valence-corrected chi connectivity index (χ1v) is 6.60. The van der Waals surface area contributed by atoms with Crippen molar-refractivity contribution < 1.29 is 22.4 Å². The highest BCUT2D eigenvalue weighted by molar-refractivity contribution is 6.31. The number of hydrogen-bond donors (Lipinski definition) is 0. The molecule has 1 aromatic rings. The molecule has 2 rings (SSSR count). The summed E-state index contributed by atoms with van der Waals surface area (Å²) in [4.78, 5) is 13.6. The second-order valence-corrected chi connectivity index (χ2v) is 5.16. The predicted molar refractivity (Wildman–Crippen MR) is 70.5 cm³/mol. The van der Waals surface area contributed by atoms with Crippen LogP contribution >= 0.6 is 11.6 Å². The van der Waals surface area contributed by atoms with E-state index in [1.807, 2.05) is 0 Å². The van der Waals surface area contributed by atoms with E-state index in [1.165, 1.54) is 6.07 Å². The van der Waals surface area contributed by atoms with Gasteiger partial charge < -0.3 is 4.90 Å². The molecule has 1 aromatic carbocycles. The number of nitrogens with zero attached hydrogens (tertiary/aromatic N) is 3. The highest BCUT2D eigenvalue weighted by Gasteiger charge is 2.42. The Morgan fingerprint density at radius 1 is 1.45 bits per heavy atom. The zero-order valence-corrected chi connectivity index (χ0v) is 11.8. The molecule has 22 heavy (non-hydrogen) atoms. The fourth-order valence-corrected chi connectivity index (χ4v) is 2.45. The molecule has 1 aliphatic rings. The zero-order valence-electron chi connectivity index (χ0n) is 11.1. The van der Waals surface area contributed by atoms with E-state index in [0.717, 1.165) is 17.0 Å². The molecule has 0 spiro atoms. The summed E-state index contributed by atoms with van der Waals surface area (Å²) in [7, 11) is 0. The van der Waals surface area contributed by atoms with Gasteiger partial charge in [-0.15, -0.1) is 0 Å². The van der Waals surface area contributed by atoms with Crippen molar-refractivity contribution in [3.8, 4) is 6.19 Å².